The summed E-state index contributed by atoms with van der Waals surface area (Å²) >= 11 is 0. The minimum Gasteiger partial charge on any atom is -0.388 e. The highest BCUT2D eigenvalue weighted by Gasteiger charge is 2.82. The molecule has 11 atom stereocenters. The summed E-state index contributed by atoms with van der Waals surface area (Å²) in [4.78, 5) is 26.8. The molecule has 0 radical (unpaired) electrons. The average Bonchev–Trinajstić information content (AvgIpc) is 3.17. The van der Waals surface area contributed by atoms with Crippen molar-refractivity contribution in [3.05, 3.63) is 11.6 Å². The molecular weight excluding hydrogens is 396 g/mol. The number of aliphatic hydroxyl groups is 2. The Labute approximate surface area is 184 Å². The topological polar surface area (TPSA) is 93.1 Å². The van der Waals surface area contributed by atoms with Crippen molar-refractivity contribution in [1.82, 2.24) is 0 Å². The molecule has 3 aliphatic carbocycles. The van der Waals surface area contributed by atoms with Gasteiger partial charge in [0.1, 0.15) is 11.4 Å². The predicted octanol–water partition coefficient (Wildman–Crippen LogP) is 2.65. The normalized spacial score (nSPS) is 55.3. The lowest BCUT2D eigenvalue weighted by molar-refractivity contribution is -0.369. The molecule has 0 aromatic heterocycles. The molecule has 2 bridgehead atoms. The molecule has 2 saturated carbocycles. The Kier molecular flexibility index (Phi) is 4.56. The van der Waals surface area contributed by atoms with Crippen molar-refractivity contribution in [3.63, 3.8) is 0 Å². The Morgan fingerprint density at radius 3 is 2.52 bits per heavy atom. The van der Waals surface area contributed by atoms with Crippen molar-refractivity contribution in [2.75, 3.05) is 0 Å². The minimum absolute atomic E-state index is 0.00222. The van der Waals surface area contributed by atoms with E-state index in [1.807, 2.05) is 6.92 Å². The highest BCUT2D eigenvalue weighted by atomic mass is 16.7. The van der Waals surface area contributed by atoms with Crippen LogP contribution in [0.25, 0.3) is 0 Å². The molecule has 0 spiro atoms. The largest absolute Gasteiger partial charge is 0.388 e. The second kappa shape index (κ2) is 6.49. The Bertz CT molecular complexity index is 864. The highest BCUT2D eigenvalue weighted by molar-refractivity contribution is 6.00. The van der Waals surface area contributed by atoms with Crippen molar-refractivity contribution in [3.8, 4) is 0 Å². The van der Waals surface area contributed by atoms with Crippen LogP contribution in [0.15, 0.2) is 11.6 Å². The molecule has 0 unspecified atom stereocenters. The van der Waals surface area contributed by atoms with Crippen LogP contribution in [0.4, 0.5) is 0 Å². The van der Waals surface area contributed by atoms with Crippen LogP contribution in [-0.2, 0) is 19.1 Å². The zero-order valence-corrected chi connectivity index (χ0v) is 19.4. The number of carbonyl (C=O) groups is 2. The zero-order valence-electron chi connectivity index (χ0n) is 19.4. The molecule has 4 fully saturated rings. The van der Waals surface area contributed by atoms with Crippen LogP contribution in [0, 0.1) is 41.4 Å². The molecule has 0 aromatic rings. The number of aliphatic hydroxyl groups excluding tert-OH is 1. The van der Waals surface area contributed by atoms with Crippen molar-refractivity contribution in [2.24, 2.45) is 41.4 Å². The van der Waals surface area contributed by atoms with Crippen LogP contribution in [0.5, 0.6) is 0 Å². The van der Waals surface area contributed by atoms with Gasteiger partial charge >= 0.3 is 0 Å². The van der Waals surface area contributed by atoms with E-state index in [9.17, 15) is 19.8 Å². The quantitative estimate of drug-likeness (QED) is 0.710. The summed E-state index contributed by atoms with van der Waals surface area (Å²) in [7, 11) is 0. The van der Waals surface area contributed by atoms with Gasteiger partial charge in [-0.25, -0.2) is 0 Å². The van der Waals surface area contributed by atoms with Crippen LogP contribution in [0.3, 0.4) is 0 Å². The first kappa shape index (κ1) is 21.7. The first-order valence-corrected chi connectivity index (χ1v) is 11.9. The highest BCUT2D eigenvalue weighted by Crippen LogP contribution is 2.69. The van der Waals surface area contributed by atoms with Gasteiger partial charge in [0.05, 0.1) is 29.6 Å². The number of hydrogen-bond acceptors (Lipinski definition) is 6. The molecule has 6 nitrogen and oxygen atoms in total. The minimum atomic E-state index is -1.44. The van der Waals surface area contributed by atoms with Crippen LogP contribution in [-0.4, -0.2) is 51.0 Å². The first-order chi connectivity index (χ1) is 14.4. The van der Waals surface area contributed by atoms with Gasteiger partial charge in [-0.1, -0.05) is 27.7 Å². The number of hydrogen-bond donors (Lipinski definition) is 2. The molecule has 5 aliphatic rings. The number of carbonyl (C=O) groups excluding carboxylic acids is 2. The monoisotopic (exact) mass is 432 g/mol. The van der Waals surface area contributed by atoms with Gasteiger partial charge in [-0.2, -0.15) is 0 Å². The lowest BCUT2D eigenvalue weighted by Crippen LogP contribution is -2.72. The van der Waals surface area contributed by atoms with Crippen molar-refractivity contribution >= 4 is 11.6 Å². The number of ketones is 2. The summed E-state index contributed by atoms with van der Waals surface area (Å²) < 4.78 is 13.4. The molecule has 2 N–H and O–H groups in total. The number of Topliss-reactive ketones (excluding diaryl/α,β-unsaturated/α-hetero) is 2. The fraction of sp³-hybridized carbons (Fsp3) is 0.840. The maximum absolute atomic E-state index is 14.0. The van der Waals surface area contributed by atoms with E-state index >= 15 is 0 Å². The van der Waals surface area contributed by atoms with Crippen LogP contribution >= 0.6 is 0 Å². The van der Waals surface area contributed by atoms with Crippen molar-refractivity contribution in [2.45, 2.75) is 90.0 Å². The third kappa shape index (κ3) is 2.54. The SMILES string of the molecule is CC1=C[C@H](O)[C@H](C[C@]2(C)O[C@@]3(CC(C)C)O[C@H]4C[C@H](C)[C@H]5C(=O)[C@@H]2[C@]3(O)[C@H](C)[C@H]54)C1=O. The van der Waals surface area contributed by atoms with E-state index in [0.29, 0.717) is 12.0 Å². The molecule has 172 valence electrons. The number of rotatable bonds is 4. The molecule has 2 aliphatic heterocycles. The second-order valence-corrected chi connectivity index (χ2v) is 11.7. The smallest absolute Gasteiger partial charge is 0.199 e. The Morgan fingerprint density at radius 2 is 1.94 bits per heavy atom. The maximum Gasteiger partial charge on any atom is 0.199 e. The Hall–Kier alpha value is -1.08. The van der Waals surface area contributed by atoms with E-state index in [4.69, 9.17) is 9.47 Å². The number of ether oxygens (including phenoxy) is 2. The molecule has 2 saturated heterocycles. The van der Waals surface area contributed by atoms with Gasteiger partial charge in [0, 0.05) is 18.3 Å². The van der Waals surface area contributed by atoms with E-state index in [0.717, 1.165) is 6.42 Å². The molecule has 6 heteroatoms. The summed E-state index contributed by atoms with van der Waals surface area (Å²) in [5.74, 6) is -2.71. The van der Waals surface area contributed by atoms with Gasteiger partial charge in [0.15, 0.2) is 11.6 Å². The van der Waals surface area contributed by atoms with E-state index in [2.05, 4.69) is 27.7 Å². The lowest BCUT2D eigenvalue weighted by Gasteiger charge is -2.58. The lowest BCUT2D eigenvalue weighted by atomic mass is 9.52. The second-order valence-electron chi connectivity index (χ2n) is 11.7. The Morgan fingerprint density at radius 1 is 1.26 bits per heavy atom. The number of allylic oxidation sites excluding steroid dienone is 1. The molecule has 5 rings (SSSR count). The molecule has 0 aromatic carbocycles. The Balaban J connectivity index is 1.63. The third-order valence-corrected chi connectivity index (χ3v) is 9.21. The molecule has 2 heterocycles. The fourth-order valence-electron chi connectivity index (χ4n) is 8.19. The maximum atomic E-state index is 14.0. The van der Waals surface area contributed by atoms with Crippen LogP contribution < -0.4 is 0 Å². The summed E-state index contributed by atoms with van der Waals surface area (Å²) in [5.41, 5.74) is -2.00. The molecule has 0 amide bonds. The third-order valence-electron chi connectivity index (χ3n) is 9.21. The van der Waals surface area contributed by atoms with Crippen molar-refractivity contribution in [1.29, 1.82) is 0 Å². The summed E-state index contributed by atoms with van der Waals surface area (Å²) in [6.07, 6.45) is 2.05. The van der Waals surface area contributed by atoms with Gasteiger partial charge in [0.25, 0.3) is 0 Å². The molecular formula is C25H36O6. The standard InChI is InChI=1S/C25H36O6/c1-11(2)9-24-25(29)14(5)19-17(30-24)8-12(3)18(19)21(28)22(25)23(6,31-24)10-15-16(26)7-13(4)20(15)27/h7,11-12,14-19,22,26,29H,8-10H2,1-6H3/t12-,14+,15-,16-,17-,18+,19-,22-,23-,24+,25+/m0/s1. The van der Waals surface area contributed by atoms with Gasteiger partial charge in [-0.05, 0) is 56.1 Å². The molecule has 31 heavy (non-hydrogen) atoms. The van der Waals surface area contributed by atoms with Crippen LogP contribution in [0.1, 0.15) is 60.8 Å². The van der Waals surface area contributed by atoms with E-state index in [1.54, 1.807) is 13.0 Å². The van der Waals surface area contributed by atoms with Gasteiger partial charge in [-0.3, -0.25) is 9.59 Å². The van der Waals surface area contributed by atoms with E-state index in [-0.39, 0.29) is 53.7 Å². The zero-order chi connectivity index (χ0) is 22.7. The van der Waals surface area contributed by atoms with E-state index in [1.165, 1.54) is 0 Å². The summed E-state index contributed by atoms with van der Waals surface area (Å²) in [6, 6.07) is 0. The van der Waals surface area contributed by atoms with Gasteiger partial charge in [0.2, 0.25) is 0 Å². The first-order valence-electron chi connectivity index (χ1n) is 11.9. The summed E-state index contributed by atoms with van der Waals surface area (Å²) in [6.45, 7) is 11.8. The predicted molar refractivity (Wildman–Crippen MR) is 113 cm³/mol. The van der Waals surface area contributed by atoms with Gasteiger partial charge < -0.3 is 19.7 Å². The fourth-order valence-corrected chi connectivity index (χ4v) is 8.19. The summed E-state index contributed by atoms with van der Waals surface area (Å²) in [5, 5.41) is 22.9. The van der Waals surface area contributed by atoms with Crippen molar-refractivity contribution < 1.29 is 29.3 Å². The van der Waals surface area contributed by atoms with Gasteiger partial charge in [-0.15, -0.1) is 0 Å². The average molecular weight is 433 g/mol. The van der Waals surface area contributed by atoms with Crippen LogP contribution in [0.2, 0.25) is 0 Å². The van der Waals surface area contributed by atoms with E-state index < -0.39 is 34.9 Å².